The maximum Gasteiger partial charge on any atom is 0.125 e. The Kier molecular flexibility index (Phi) is 5.23. The summed E-state index contributed by atoms with van der Waals surface area (Å²) in [5.74, 6) is 0.850. The van der Waals surface area contributed by atoms with Crippen LogP contribution < -0.4 is 10.5 Å². The van der Waals surface area contributed by atoms with Gasteiger partial charge in [-0.25, -0.2) is 0 Å². The largest absolute Gasteiger partial charge is 0.496 e. The summed E-state index contributed by atoms with van der Waals surface area (Å²) in [5.41, 5.74) is 10.4. The molecule has 0 heterocycles. The molecule has 0 bridgehead atoms. The molecule has 3 nitrogen and oxygen atoms in total. The van der Waals surface area contributed by atoms with E-state index in [4.69, 9.17) is 10.5 Å². The molecule has 0 radical (unpaired) electrons. The lowest BCUT2D eigenvalue weighted by Gasteiger charge is -2.19. The van der Waals surface area contributed by atoms with E-state index < -0.39 is 0 Å². The maximum absolute atomic E-state index is 5.79. The zero-order chi connectivity index (χ0) is 15.2. The number of ether oxygens (including phenoxy) is 1. The molecule has 0 aliphatic rings. The lowest BCUT2D eigenvalue weighted by Crippen LogP contribution is -2.17. The number of nitrogen functional groups attached to an aromatic ring is 1. The molecule has 0 saturated heterocycles. The van der Waals surface area contributed by atoms with Crippen LogP contribution in [0.1, 0.15) is 23.6 Å². The summed E-state index contributed by atoms with van der Waals surface area (Å²) in [6.07, 6.45) is 1.08. The van der Waals surface area contributed by atoms with Crippen LogP contribution in [0.15, 0.2) is 42.5 Å². The Morgan fingerprint density at radius 2 is 1.67 bits per heavy atom. The molecule has 2 aromatic rings. The van der Waals surface area contributed by atoms with Crippen LogP contribution in [-0.4, -0.2) is 19.1 Å². The molecule has 2 rings (SSSR count). The third-order valence-corrected chi connectivity index (χ3v) is 3.64. The Hall–Kier alpha value is -2.00. The summed E-state index contributed by atoms with van der Waals surface area (Å²) in [6, 6.07) is 14.6. The van der Waals surface area contributed by atoms with Gasteiger partial charge in [0.15, 0.2) is 0 Å². The molecule has 0 amide bonds. The van der Waals surface area contributed by atoms with Crippen molar-refractivity contribution in [2.45, 2.75) is 26.4 Å². The number of rotatable bonds is 6. The van der Waals surface area contributed by atoms with E-state index in [1.54, 1.807) is 7.11 Å². The van der Waals surface area contributed by atoms with Crippen LogP contribution in [0.5, 0.6) is 5.75 Å². The third-order valence-electron chi connectivity index (χ3n) is 3.64. The SMILES string of the molecule is CCc1ccc(CN(C)Cc2ccc(N)cc2OC)cc1. The van der Waals surface area contributed by atoms with Crippen molar-refractivity contribution < 1.29 is 4.74 Å². The van der Waals surface area contributed by atoms with Gasteiger partial charge in [-0.05, 0) is 30.7 Å². The number of nitrogens with zero attached hydrogens (tertiary/aromatic N) is 1. The van der Waals surface area contributed by atoms with Crippen molar-refractivity contribution in [3.63, 3.8) is 0 Å². The quantitative estimate of drug-likeness (QED) is 0.825. The second-order valence-corrected chi connectivity index (χ2v) is 5.41. The second-order valence-electron chi connectivity index (χ2n) is 5.41. The van der Waals surface area contributed by atoms with Gasteiger partial charge in [0.1, 0.15) is 5.75 Å². The van der Waals surface area contributed by atoms with Gasteiger partial charge in [0.2, 0.25) is 0 Å². The molecule has 0 aromatic heterocycles. The van der Waals surface area contributed by atoms with E-state index in [9.17, 15) is 0 Å². The molecule has 112 valence electrons. The summed E-state index contributed by atoms with van der Waals surface area (Å²) in [7, 11) is 3.80. The molecule has 3 heteroatoms. The Morgan fingerprint density at radius 1 is 1.00 bits per heavy atom. The Balaban J connectivity index is 2.02. The Labute approximate surface area is 127 Å². The normalized spacial score (nSPS) is 10.9. The van der Waals surface area contributed by atoms with Crippen LogP contribution in [0.4, 0.5) is 5.69 Å². The van der Waals surface area contributed by atoms with Crippen LogP contribution >= 0.6 is 0 Å². The first-order chi connectivity index (χ1) is 10.1. The van der Waals surface area contributed by atoms with E-state index in [0.717, 1.165) is 36.5 Å². The first kappa shape index (κ1) is 15.4. The number of benzene rings is 2. The average molecular weight is 284 g/mol. The number of hydrogen-bond acceptors (Lipinski definition) is 3. The smallest absolute Gasteiger partial charge is 0.125 e. The first-order valence-electron chi connectivity index (χ1n) is 7.31. The zero-order valence-electron chi connectivity index (χ0n) is 13.1. The number of nitrogens with two attached hydrogens (primary N) is 1. The van der Waals surface area contributed by atoms with Crippen molar-refractivity contribution in [3.8, 4) is 5.75 Å². The number of methoxy groups -OCH3 is 1. The molecule has 0 fully saturated rings. The highest BCUT2D eigenvalue weighted by Gasteiger charge is 2.07. The van der Waals surface area contributed by atoms with Crippen molar-refractivity contribution in [1.82, 2.24) is 4.90 Å². The highest BCUT2D eigenvalue weighted by molar-refractivity contribution is 5.48. The standard InChI is InChI=1S/C18H24N2O/c1-4-14-5-7-15(8-6-14)12-20(2)13-16-9-10-17(19)11-18(16)21-3/h5-11H,4,12-13,19H2,1-3H3. The van der Waals surface area contributed by atoms with Gasteiger partial charge in [0, 0.05) is 30.4 Å². The van der Waals surface area contributed by atoms with Gasteiger partial charge < -0.3 is 10.5 Å². The fraction of sp³-hybridized carbons (Fsp3) is 0.333. The number of hydrogen-bond donors (Lipinski definition) is 1. The van der Waals surface area contributed by atoms with Crippen LogP contribution in [-0.2, 0) is 19.5 Å². The van der Waals surface area contributed by atoms with Crippen molar-refractivity contribution in [1.29, 1.82) is 0 Å². The number of anilines is 1. The van der Waals surface area contributed by atoms with Gasteiger partial charge in [-0.15, -0.1) is 0 Å². The molecule has 0 unspecified atom stereocenters. The van der Waals surface area contributed by atoms with Gasteiger partial charge in [-0.3, -0.25) is 4.90 Å². The van der Waals surface area contributed by atoms with Crippen molar-refractivity contribution in [2.75, 3.05) is 19.9 Å². The third kappa shape index (κ3) is 4.23. The molecule has 0 aliphatic carbocycles. The Bertz CT molecular complexity index is 578. The topological polar surface area (TPSA) is 38.5 Å². The van der Waals surface area contributed by atoms with E-state index in [-0.39, 0.29) is 0 Å². The molecule has 0 atom stereocenters. The summed E-state index contributed by atoms with van der Waals surface area (Å²) in [5, 5.41) is 0. The molecule has 0 aliphatic heterocycles. The van der Waals surface area contributed by atoms with Gasteiger partial charge in [-0.1, -0.05) is 37.3 Å². The van der Waals surface area contributed by atoms with E-state index in [1.807, 2.05) is 18.2 Å². The van der Waals surface area contributed by atoms with Gasteiger partial charge in [0.25, 0.3) is 0 Å². The zero-order valence-corrected chi connectivity index (χ0v) is 13.1. The fourth-order valence-corrected chi connectivity index (χ4v) is 2.43. The summed E-state index contributed by atoms with van der Waals surface area (Å²) in [6.45, 7) is 3.92. The minimum atomic E-state index is 0.730. The molecule has 0 saturated carbocycles. The predicted molar refractivity (Wildman–Crippen MR) is 88.4 cm³/mol. The van der Waals surface area contributed by atoms with Crippen LogP contribution in [0, 0.1) is 0 Å². The van der Waals surface area contributed by atoms with E-state index in [0.29, 0.717) is 0 Å². The Morgan fingerprint density at radius 3 is 2.29 bits per heavy atom. The molecular weight excluding hydrogens is 260 g/mol. The molecule has 2 aromatic carbocycles. The molecular formula is C18H24N2O. The van der Waals surface area contributed by atoms with Gasteiger partial charge >= 0.3 is 0 Å². The van der Waals surface area contributed by atoms with Crippen molar-refractivity contribution in [2.24, 2.45) is 0 Å². The lowest BCUT2D eigenvalue weighted by atomic mass is 10.1. The van der Waals surface area contributed by atoms with E-state index >= 15 is 0 Å². The number of aryl methyl sites for hydroxylation is 1. The summed E-state index contributed by atoms with van der Waals surface area (Å²) < 4.78 is 5.40. The lowest BCUT2D eigenvalue weighted by molar-refractivity contribution is 0.310. The highest BCUT2D eigenvalue weighted by atomic mass is 16.5. The highest BCUT2D eigenvalue weighted by Crippen LogP contribution is 2.23. The van der Waals surface area contributed by atoms with Gasteiger partial charge in [0.05, 0.1) is 7.11 Å². The molecule has 2 N–H and O–H groups in total. The second kappa shape index (κ2) is 7.14. The maximum atomic E-state index is 5.79. The summed E-state index contributed by atoms with van der Waals surface area (Å²) in [4.78, 5) is 2.27. The first-order valence-corrected chi connectivity index (χ1v) is 7.31. The van der Waals surface area contributed by atoms with Gasteiger partial charge in [-0.2, -0.15) is 0 Å². The van der Waals surface area contributed by atoms with E-state index in [1.165, 1.54) is 11.1 Å². The van der Waals surface area contributed by atoms with Crippen LogP contribution in [0.25, 0.3) is 0 Å². The molecule has 0 spiro atoms. The van der Waals surface area contributed by atoms with E-state index in [2.05, 4.69) is 43.1 Å². The van der Waals surface area contributed by atoms with Crippen molar-refractivity contribution in [3.05, 3.63) is 59.2 Å². The van der Waals surface area contributed by atoms with Crippen LogP contribution in [0.3, 0.4) is 0 Å². The average Bonchev–Trinajstić information content (AvgIpc) is 2.49. The predicted octanol–water partition coefficient (Wildman–Crippen LogP) is 3.47. The van der Waals surface area contributed by atoms with Crippen LogP contribution in [0.2, 0.25) is 0 Å². The minimum Gasteiger partial charge on any atom is -0.496 e. The van der Waals surface area contributed by atoms with Crippen molar-refractivity contribution >= 4 is 5.69 Å². The fourth-order valence-electron chi connectivity index (χ4n) is 2.43. The molecule has 21 heavy (non-hydrogen) atoms. The minimum absolute atomic E-state index is 0.730. The monoisotopic (exact) mass is 284 g/mol. The summed E-state index contributed by atoms with van der Waals surface area (Å²) >= 11 is 0.